The third kappa shape index (κ3) is 4.16. The van der Waals surface area contributed by atoms with E-state index in [4.69, 9.17) is 46.4 Å². The van der Waals surface area contributed by atoms with Crippen LogP contribution < -0.4 is 0 Å². The van der Waals surface area contributed by atoms with Crippen LogP contribution in [-0.2, 0) is 10.7 Å². The first-order valence-electron chi connectivity index (χ1n) is 5.29. The Hall–Kier alpha value is 0.250. The molecule has 0 aromatic heterocycles. The molecule has 21 heavy (non-hydrogen) atoms. The highest BCUT2D eigenvalue weighted by molar-refractivity contribution is 7.99. The molecule has 2 nitrogen and oxygen atoms in total. The lowest BCUT2D eigenvalue weighted by Gasteiger charge is -2.08. The highest BCUT2D eigenvalue weighted by Gasteiger charge is 2.12. The molecule has 0 fully saturated rings. The van der Waals surface area contributed by atoms with Crippen molar-refractivity contribution in [1.82, 2.24) is 0 Å². The monoisotopic (exact) mass is 418 g/mol. The van der Waals surface area contributed by atoms with Gasteiger partial charge in [-0.15, -0.1) is 12.6 Å². The van der Waals surface area contributed by atoms with Crippen LogP contribution in [-0.4, -0.2) is 8.42 Å². The van der Waals surface area contributed by atoms with Gasteiger partial charge in [0.05, 0.1) is 20.1 Å². The summed E-state index contributed by atoms with van der Waals surface area (Å²) in [6, 6.07) is 6.44. The predicted octanol–water partition coefficient (Wildman–Crippen LogP) is 5.71. The van der Waals surface area contributed by atoms with E-state index >= 15 is 0 Å². The average molecular weight is 420 g/mol. The lowest BCUT2D eigenvalue weighted by atomic mass is 10.3. The molecule has 0 amide bonds. The summed E-state index contributed by atoms with van der Waals surface area (Å²) < 4.78 is 22.1. The Kier molecular flexibility index (Phi) is 6.05. The molecule has 0 saturated carbocycles. The summed E-state index contributed by atoms with van der Waals surface area (Å²) in [5, 5.41) is 0.989. The molecule has 0 aliphatic carbocycles. The van der Waals surface area contributed by atoms with Gasteiger partial charge in [0.15, 0.2) is 10.7 Å². The second kappa shape index (κ2) is 7.21. The van der Waals surface area contributed by atoms with Crippen LogP contribution in [0.25, 0.3) is 0 Å². The minimum atomic E-state index is -2.85. The van der Waals surface area contributed by atoms with E-state index in [0.717, 1.165) is 4.90 Å². The largest absolute Gasteiger partial charge is 0.227 e. The average Bonchev–Trinajstić information content (AvgIpc) is 2.34. The summed E-state index contributed by atoms with van der Waals surface area (Å²) in [5.74, 6) is 0. The molecule has 0 aliphatic heterocycles. The van der Waals surface area contributed by atoms with E-state index in [1.807, 2.05) is 0 Å². The van der Waals surface area contributed by atoms with E-state index < -0.39 is 10.7 Å². The molecular weight excluding hydrogens is 414 g/mol. The maximum Gasteiger partial charge on any atom is 0.171 e. The molecular formula is C12H6Cl4O2S3. The molecule has 112 valence electrons. The molecule has 0 heterocycles. The SMILES string of the molecule is O=[SH](=O)c1c(Cl)cc(Sc2cc(Cl)c(S)c(Cl)c2)cc1Cl. The molecule has 0 atom stereocenters. The van der Waals surface area contributed by atoms with Crippen molar-refractivity contribution in [3.63, 3.8) is 0 Å². The van der Waals surface area contributed by atoms with Crippen LogP contribution in [0.1, 0.15) is 0 Å². The first kappa shape index (κ1) is 17.6. The van der Waals surface area contributed by atoms with E-state index in [-0.39, 0.29) is 14.9 Å². The van der Waals surface area contributed by atoms with Gasteiger partial charge in [-0.3, -0.25) is 0 Å². The summed E-state index contributed by atoms with van der Waals surface area (Å²) in [7, 11) is -2.85. The topological polar surface area (TPSA) is 34.1 Å². The number of thiol groups is 2. The smallest absolute Gasteiger partial charge is 0.171 e. The molecule has 2 aromatic rings. The van der Waals surface area contributed by atoms with Crippen molar-refractivity contribution in [3.8, 4) is 0 Å². The van der Waals surface area contributed by atoms with Crippen LogP contribution in [0, 0.1) is 0 Å². The van der Waals surface area contributed by atoms with Crippen LogP contribution in [0.15, 0.2) is 43.8 Å². The molecule has 0 saturated heterocycles. The summed E-state index contributed by atoms with van der Waals surface area (Å²) in [4.78, 5) is 1.84. The summed E-state index contributed by atoms with van der Waals surface area (Å²) >= 11 is 29.4. The standard InChI is InChI=1S/C12H6Cl4O2S3/c13-7-1-5(2-8(14)11(7)19)20-6-3-9(15)12(21(17)18)10(16)4-6/h1-4,19,21H. The quantitative estimate of drug-likeness (QED) is 0.625. The minimum absolute atomic E-state index is 0.0733. The van der Waals surface area contributed by atoms with Crippen molar-refractivity contribution >= 4 is 81.5 Å². The summed E-state index contributed by atoms with van der Waals surface area (Å²) in [6.45, 7) is 0. The Morgan fingerprint density at radius 1 is 0.810 bits per heavy atom. The van der Waals surface area contributed by atoms with Gasteiger partial charge in [0.1, 0.15) is 4.90 Å². The Labute approximate surface area is 153 Å². The van der Waals surface area contributed by atoms with Crippen molar-refractivity contribution in [1.29, 1.82) is 0 Å². The Morgan fingerprint density at radius 2 is 1.19 bits per heavy atom. The lowest BCUT2D eigenvalue weighted by Crippen LogP contribution is -1.86. The third-order valence-electron chi connectivity index (χ3n) is 2.40. The van der Waals surface area contributed by atoms with Crippen molar-refractivity contribution in [2.45, 2.75) is 19.6 Å². The van der Waals surface area contributed by atoms with Crippen LogP contribution >= 0.6 is 70.8 Å². The van der Waals surface area contributed by atoms with Gasteiger partial charge in [0.25, 0.3) is 0 Å². The first-order valence-corrected chi connectivity index (χ1v) is 9.24. The molecule has 0 N–H and O–H groups in total. The maximum absolute atomic E-state index is 11.1. The van der Waals surface area contributed by atoms with Crippen LogP contribution in [0.4, 0.5) is 0 Å². The molecule has 2 aromatic carbocycles. The molecule has 0 aliphatic rings. The Morgan fingerprint density at radius 3 is 1.57 bits per heavy atom. The van der Waals surface area contributed by atoms with Crippen LogP contribution in [0.2, 0.25) is 20.1 Å². The van der Waals surface area contributed by atoms with Gasteiger partial charge in [-0.25, -0.2) is 8.42 Å². The molecule has 9 heteroatoms. The van der Waals surface area contributed by atoms with E-state index in [2.05, 4.69) is 12.6 Å². The van der Waals surface area contributed by atoms with Gasteiger partial charge in [0.2, 0.25) is 0 Å². The van der Waals surface area contributed by atoms with Crippen molar-refractivity contribution < 1.29 is 8.42 Å². The summed E-state index contributed by atoms with van der Waals surface area (Å²) in [6.07, 6.45) is 0. The third-order valence-corrected chi connectivity index (χ3v) is 6.39. The Balaban J connectivity index is 2.41. The number of hydrogen-bond acceptors (Lipinski definition) is 4. The fourth-order valence-corrected chi connectivity index (χ4v) is 4.75. The molecule has 0 bridgehead atoms. The van der Waals surface area contributed by atoms with E-state index in [1.165, 1.54) is 23.9 Å². The van der Waals surface area contributed by atoms with Crippen molar-refractivity contribution in [3.05, 3.63) is 44.4 Å². The fourth-order valence-electron chi connectivity index (χ4n) is 1.51. The van der Waals surface area contributed by atoms with Gasteiger partial charge in [0, 0.05) is 14.7 Å². The summed E-state index contributed by atoms with van der Waals surface area (Å²) in [5.41, 5.74) is 0. The first-order chi connectivity index (χ1) is 9.79. The minimum Gasteiger partial charge on any atom is -0.227 e. The van der Waals surface area contributed by atoms with Crippen molar-refractivity contribution in [2.24, 2.45) is 0 Å². The van der Waals surface area contributed by atoms with E-state index in [9.17, 15) is 8.42 Å². The maximum atomic E-state index is 11.1. The van der Waals surface area contributed by atoms with Gasteiger partial charge in [-0.2, -0.15) is 0 Å². The fraction of sp³-hybridized carbons (Fsp3) is 0. The number of benzene rings is 2. The second-order valence-electron chi connectivity index (χ2n) is 3.83. The van der Waals surface area contributed by atoms with E-state index in [0.29, 0.717) is 19.8 Å². The lowest BCUT2D eigenvalue weighted by molar-refractivity contribution is 0.614. The van der Waals surface area contributed by atoms with Gasteiger partial charge in [-0.05, 0) is 24.3 Å². The van der Waals surface area contributed by atoms with Crippen LogP contribution in [0.3, 0.4) is 0 Å². The molecule has 2 rings (SSSR count). The van der Waals surface area contributed by atoms with Gasteiger partial charge in [-0.1, -0.05) is 58.2 Å². The molecule has 0 spiro atoms. The van der Waals surface area contributed by atoms with E-state index in [1.54, 1.807) is 12.1 Å². The zero-order valence-corrected chi connectivity index (χ0v) is 15.6. The number of halogens is 4. The van der Waals surface area contributed by atoms with Crippen molar-refractivity contribution in [2.75, 3.05) is 0 Å². The van der Waals surface area contributed by atoms with Gasteiger partial charge >= 0.3 is 0 Å². The normalized spacial score (nSPS) is 11.1. The number of rotatable bonds is 3. The zero-order chi connectivity index (χ0) is 15.7. The highest BCUT2D eigenvalue weighted by Crippen LogP contribution is 2.39. The Bertz CT molecular complexity index is 736. The van der Waals surface area contributed by atoms with Crippen LogP contribution in [0.5, 0.6) is 0 Å². The molecule has 0 unspecified atom stereocenters. The zero-order valence-electron chi connectivity index (χ0n) is 9.94. The second-order valence-corrected chi connectivity index (χ2v) is 8.01. The molecule has 0 radical (unpaired) electrons. The predicted molar refractivity (Wildman–Crippen MR) is 92.9 cm³/mol. The number of hydrogen-bond donors (Lipinski definition) is 2. The van der Waals surface area contributed by atoms with Gasteiger partial charge < -0.3 is 0 Å². The highest BCUT2D eigenvalue weighted by atomic mass is 35.5.